The van der Waals surface area contributed by atoms with Crippen molar-refractivity contribution in [1.29, 1.82) is 0 Å². The van der Waals surface area contributed by atoms with Crippen LogP contribution in [0.1, 0.15) is 24.3 Å². The maximum absolute atomic E-state index is 12.0. The molecule has 6 heteroatoms. The number of primary amides is 1. The van der Waals surface area contributed by atoms with Crippen LogP contribution in [0.15, 0.2) is 24.3 Å². The van der Waals surface area contributed by atoms with Crippen molar-refractivity contribution in [3.63, 3.8) is 0 Å². The van der Waals surface area contributed by atoms with Crippen molar-refractivity contribution in [2.75, 3.05) is 0 Å². The second-order valence-electron chi connectivity index (χ2n) is 4.56. The van der Waals surface area contributed by atoms with E-state index in [0.717, 1.165) is 5.52 Å². The van der Waals surface area contributed by atoms with E-state index in [1.165, 1.54) is 0 Å². The average Bonchev–Trinajstić information content (AvgIpc) is 2.71. The summed E-state index contributed by atoms with van der Waals surface area (Å²) in [7, 11) is 0. The van der Waals surface area contributed by atoms with Crippen LogP contribution in [-0.4, -0.2) is 27.6 Å². The van der Waals surface area contributed by atoms with Crippen LogP contribution >= 0.6 is 0 Å². The molecule has 1 aromatic carbocycles. The Morgan fingerprint density at radius 1 is 1.33 bits per heavy atom. The molecule has 0 saturated heterocycles. The molecule has 1 heterocycles. The first-order valence-corrected chi connectivity index (χ1v) is 5.47. The molecule has 94 valence electrons. The number of hydrogen-bond acceptors (Lipinski definition) is 3. The van der Waals surface area contributed by atoms with Gasteiger partial charge in [-0.25, -0.2) is 0 Å². The standard InChI is InChI=1S/C12H14N4O2/c1-12(2,11(13)18)14-10(17)9-7-5-3-4-6-8(7)15-16-9/h3-6H,1-2H3,(H2,13,18)(H,14,17)(H,15,16). The molecule has 2 rings (SSSR count). The molecule has 0 atom stereocenters. The van der Waals surface area contributed by atoms with Crippen molar-refractivity contribution in [2.24, 2.45) is 5.73 Å². The third-order valence-corrected chi connectivity index (χ3v) is 2.73. The lowest BCUT2D eigenvalue weighted by Gasteiger charge is -2.21. The van der Waals surface area contributed by atoms with Crippen molar-refractivity contribution >= 4 is 22.7 Å². The van der Waals surface area contributed by atoms with Gasteiger partial charge in [-0.05, 0) is 19.9 Å². The molecule has 18 heavy (non-hydrogen) atoms. The predicted molar refractivity (Wildman–Crippen MR) is 66.8 cm³/mol. The molecule has 4 N–H and O–H groups in total. The number of nitrogens with zero attached hydrogens (tertiary/aromatic N) is 1. The summed E-state index contributed by atoms with van der Waals surface area (Å²) in [5.41, 5.74) is 5.10. The van der Waals surface area contributed by atoms with Gasteiger partial charge in [0.05, 0.1) is 5.52 Å². The number of carbonyl (C=O) groups excluding carboxylic acids is 2. The molecule has 2 aromatic rings. The van der Waals surface area contributed by atoms with Gasteiger partial charge < -0.3 is 11.1 Å². The Morgan fingerprint density at radius 2 is 2.00 bits per heavy atom. The van der Waals surface area contributed by atoms with Crippen LogP contribution in [0, 0.1) is 0 Å². The fraction of sp³-hybridized carbons (Fsp3) is 0.250. The minimum Gasteiger partial charge on any atom is -0.368 e. The minimum absolute atomic E-state index is 0.250. The van der Waals surface area contributed by atoms with E-state index in [9.17, 15) is 9.59 Å². The lowest BCUT2D eigenvalue weighted by molar-refractivity contribution is -0.122. The Balaban J connectivity index is 2.32. The maximum atomic E-state index is 12.0. The molecule has 0 radical (unpaired) electrons. The Kier molecular flexibility index (Phi) is 2.78. The Bertz CT molecular complexity index is 615. The van der Waals surface area contributed by atoms with Gasteiger partial charge in [-0.3, -0.25) is 14.7 Å². The van der Waals surface area contributed by atoms with Gasteiger partial charge in [0.15, 0.2) is 5.69 Å². The van der Waals surface area contributed by atoms with Crippen LogP contribution in [0.3, 0.4) is 0 Å². The zero-order chi connectivity index (χ0) is 13.3. The van der Waals surface area contributed by atoms with Crippen LogP contribution in [0.4, 0.5) is 0 Å². The van der Waals surface area contributed by atoms with Crippen LogP contribution in [0.5, 0.6) is 0 Å². The molecule has 0 unspecified atom stereocenters. The third-order valence-electron chi connectivity index (χ3n) is 2.73. The molecular formula is C12H14N4O2. The molecule has 0 aliphatic heterocycles. The molecule has 0 aliphatic rings. The third kappa shape index (κ3) is 2.04. The van der Waals surface area contributed by atoms with Crippen LogP contribution in [0.2, 0.25) is 0 Å². The summed E-state index contributed by atoms with van der Waals surface area (Å²) >= 11 is 0. The van der Waals surface area contributed by atoms with E-state index in [0.29, 0.717) is 5.39 Å². The quantitative estimate of drug-likeness (QED) is 0.737. The molecular weight excluding hydrogens is 232 g/mol. The molecule has 0 saturated carbocycles. The van der Waals surface area contributed by atoms with Crippen LogP contribution in [-0.2, 0) is 4.79 Å². The van der Waals surface area contributed by atoms with E-state index in [4.69, 9.17) is 5.73 Å². The number of nitrogens with one attached hydrogen (secondary N) is 2. The molecule has 1 aromatic heterocycles. The molecule has 0 fully saturated rings. The van der Waals surface area contributed by atoms with Crippen LogP contribution < -0.4 is 11.1 Å². The number of amides is 2. The van der Waals surface area contributed by atoms with Crippen molar-refractivity contribution in [1.82, 2.24) is 15.5 Å². The Hall–Kier alpha value is -2.37. The topological polar surface area (TPSA) is 101 Å². The van der Waals surface area contributed by atoms with E-state index in [1.807, 2.05) is 18.2 Å². The van der Waals surface area contributed by atoms with Gasteiger partial charge in [0.2, 0.25) is 5.91 Å². The fourth-order valence-corrected chi connectivity index (χ4v) is 1.54. The average molecular weight is 246 g/mol. The number of aromatic nitrogens is 2. The molecule has 0 bridgehead atoms. The molecule has 2 amide bonds. The zero-order valence-corrected chi connectivity index (χ0v) is 10.2. The van der Waals surface area contributed by atoms with Gasteiger partial charge in [-0.2, -0.15) is 5.10 Å². The summed E-state index contributed by atoms with van der Waals surface area (Å²) in [6.45, 7) is 3.09. The molecule has 6 nitrogen and oxygen atoms in total. The summed E-state index contributed by atoms with van der Waals surface area (Å²) in [5, 5.41) is 9.96. The summed E-state index contributed by atoms with van der Waals surface area (Å²) in [6, 6.07) is 7.26. The number of fused-ring (bicyclic) bond motifs is 1. The highest BCUT2D eigenvalue weighted by Gasteiger charge is 2.28. The Morgan fingerprint density at radius 3 is 2.67 bits per heavy atom. The number of H-pyrrole nitrogens is 1. The van der Waals surface area contributed by atoms with E-state index in [-0.39, 0.29) is 5.69 Å². The second kappa shape index (κ2) is 4.14. The van der Waals surface area contributed by atoms with Gasteiger partial charge in [-0.1, -0.05) is 18.2 Å². The van der Waals surface area contributed by atoms with E-state index < -0.39 is 17.4 Å². The van der Waals surface area contributed by atoms with Gasteiger partial charge in [0.25, 0.3) is 5.91 Å². The van der Waals surface area contributed by atoms with Crippen molar-refractivity contribution in [3.05, 3.63) is 30.0 Å². The minimum atomic E-state index is -1.11. The summed E-state index contributed by atoms with van der Waals surface area (Å²) in [5.74, 6) is -1.04. The van der Waals surface area contributed by atoms with Gasteiger partial charge >= 0.3 is 0 Å². The lowest BCUT2D eigenvalue weighted by atomic mass is 10.0. The largest absolute Gasteiger partial charge is 0.368 e. The smallest absolute Gasteiger partial charge is 0.273 e. The van der Waals surface area contributed by atoms with Gasteiger partial charge in [-0.15, -0.1) is 0 Å². The van der Waals surface area contributed by atoms with E-state index in [1.54, 1.807) is 19.9 Å². The Labute approximate surface area is 104 Å². The predicted octanol–water partition coefficient (Wildman–Crippen LogP) is 0.557. The molecule has 0 spiro atoms. The van der Waals surface area contributed by atoms with Crippen molar-refractivity contribution in [3.8, 4) is 0 Å². The molecule has 0 aliphatic carbocycles. The first kappa shape index (κ1) is 12.1. The summed E-state index contributed by atoms with van der Waals surface area (Å²) in [6.07, 6.45) is 0. The first-order chi connectivity index (χ1) is 8.42. The van der Waals surface area contributed by atoms with Gasteiger partial charge in [0.1, 0.15) is 5.54 Å². The maximum Gasteiger partial charge on any atom is 0.273 e. The SMILES string of the molecule is CC(C)(NC(=O)c1n[nH]c2ccccc12)C(N)=O. The number of hydrogen-bond donors (Lipinski definition) is 3. The number of aromatic amines is 1. The number of para-hydroxylation sites is 1. The normalized spacial score (nSPS) is 11.4. The van der Waals surface area contributed by atoms with Crippen molar-refractivity contribution < 1.29 is 9.59 Å². The monoisotopic (exact) mass is 246 g/mol. The highest BCUT2D eigenvalue weighted by atomic mass is 16.2. The number of benzene rings is 1. The highest BCUT2D eigenvalue weighted by Crippen LogP contribution is 2.15. The second-order valence-corrected chi connectivity index (χ2v) is 4.56. The van der Waals surface area contributed by atoms with Crippen molar-refractivity contribution in [2.45, 2.75) is 19.4 Å². The number of rotatable bonds is 3. The number of nitrogens with two attached hydrogens (primary N) is 1. The van der Waals surface area contributed by atoms with Gasteiger partial charge in [0, 0.05) is 5.39 Å². The number of carbonyl (C=O) groups is 2. The van der Waals surface area contributed by atoms with E-state index >= 15 is 0 Å². The first-order valence-electron chi connectivity index (χ1n) is 5.47. The highest BCUT2D eigenvalue weighted by molar-refractivity contribution is 6.06. The van der Waals surface area contributed by atoms with E-state index in [2.05, 4.69) is 15.5 Å². The lowest BCUT2D eigenvalue weighted by Crippen LogP contribution is -2.53. The van der Waals surface area contributed by atoms with Crippen LogP contribution in [0.25, 0.3) is 10.9 Å². The fourth-order valence-electron chi connectivity index (χ4n) is 1.54. The summed E-state index contributed by atoms with van der Waals surface area (Å²) < 4.78 is 0. The summed E-state index contributed by atoms with van der Waals surface area (Å²) in [4.78, 5) is 23.2. The zero-order valence-electron chi connectivity index (χ0n) is 10.2.